The van der Waals surface area contributed by atoms with Crippen LogP contribution < -0.4 is 5.32 Å². The molecule has 4 saturated carbocycles. The van der Waals surface area contributed by atoms with Crippen molar-refractivity contribution >= 4 is 23.5 Å². The van der Waals surface area contributed by atoms with Crippen LogP contribution in [0.4, 0.5) is 5.69 Å². The number of para-hydroxylation sites is 1. The van der Waals surface area contributed by atoms with Gasteiger partial charge in [0.15, 0.2) is 6.61 Å². The zero-order chi connectivity index (χ0) is 19.0. The van der Waals surface area contributed by atoms with Gasteiger partial charge in [-0.15, -0.1) is 0 Å². The molecule has 0 atom stereocenters. The summed E-state index contributed by atoms with van der Waals surface area (Å²) < 4.78 is 10.1. The quantitative estimate of drug-likeness (QED) is 0.804. The second kappa shape index (κ2) is 6.98. The van der Waals surface area contributed by atoms with Crippen molar-refractivity contribution in [3.63, 3.8) is 0 Å². The molecule has 1 aromatic carbocycles. The predicted octanol–water partition coefficient (Wildman–Crippen LogP) is 3.17. The lowest BCUT2D eigenvalue weighted by Crippen LogP contribution is -2.50. The first-order chi connectivity index (χ1) is 13.0. The Morgan fingerprint density at radius 3 is 2.22 bits per heavy atom. The highest BCUT2D eigenvalue weighted by atomic mass is 16.5. The van der Waals surface area contributed by atoms with Crippen molar-refractivity contribution in [1.82, 2.24) is 0 Å². The van der Waals surface area contributed by atoms with Crippen LogP contribution in [0.2, 0.25) is 0 Å². The topological polar surface area (TPSA) is 81.7 Å². The molecule has 0 heterocycles. The lowest BCUT2D eigenvalue weighted by Gasteiger charge is -2.55. The molecule has 1 aromatic rings. The molecule has 1 amide bonds. The van der Waals surface area contributed by atoms with Gasteiger partial charge >= 0.3 is 11.9 Å². The zero-order valence-electron chi connectivity index (χ0n) is 15.5. The van der Waals surface area contributed by atoms with E-state index in [1.54, 1.807) is 24.3 Å². The molecule has 4 aliphatic rings. The first kappa shape index (κ1) is 18.0. The summed E-state index contributed by atoms with van der Waals surface area (Å²) in [7, 11) is 1.29. The standard InChI is InChI=1S/C21H25NO5/c1-26-19(24)16-4-2-3-5-17(16)22-18(23)12-27-20(25)21-9-13-6-14(10-21)8-15(7-13)11-21/h2-5,13-15H,6-12H2,1H3,(H,22,23). The largest absolute Gasteiger partial charge is 0.465 e. The molecule has 4 bridgehead atoms. The minimum absolute atomic E-state index is 0.224. The molecule has 0 radical (unpaired) electrons. The van der Waals surface area contributed by atoms with Crippen molar-refractivity contribution in [2.24, 2.45) is 23.2 Å². The maximum atomic E-state index is 12.8. The van der Waals surface area contributed by atoms with E-state index in [9.17, 15) is 14.4 Å². The van der Waals surface area contributed by atoms with Gasteiger partial charge in [0.05, 0.1) is 23.8 Å². The number of amides is 1. The van der Waals surface area contributed by atoms with E-state index in [4.69, 9.17) is 9.47 Å². The lowest BCUT2D eigenvalue weighted by molar-refractivity contribution is -0.172. The first-order valence-electron chi connectivity index (χ1n) is 9.63. The summed E-state index contributed by atoms with van der Waals surface area (Å²) in [6.45, 7) is -0.337. The molecule has 0 saturated heterocycles. The maximum Gasteiger partial charge on any atom is 0.339 e. The number of esters is 2. The molecule has 27 heavy (non-hydrogen) atoms. The Balaban J connectivity index is 1.36. The molecule has 1 N–H and O–H groups in total. The van der Waals surface area contributed by atoms with Gasteiger partial charge in [0.1, 0.15) is 0 Å². The number of ether oxygens (including phenoxy) is 2. The van der Waals surface area contributed by atoms with Gasteiger partial charge in [-0.2, -0.15) is 0 Å². The smallest absolute Gasteiger partial charge is 0.339 e. The monoisotopic (exact) mass is 371 g/mol. The van der Waals surface area contributed by atoms with E-state index < -0.39 is 11.9 Å². The van der Waals surface area contributed by atoms with Crippen molar-refractivity contribution < 1.29 is 23.9 Å². The number of hydrogen-bond donors (Lipinski definition) is 1. The average molecular weight is 371 g/mol. The van der Waals surface area contributed by atoms with Crippen molar-refractivity contribution in [2.45, 2.75) is 38.5 Å². The predicted molar refractivity (Wildman–Crippen MR) is 98.0 cm³/mol. The first-order valence-corrected chi connectivity index (χ1v) is 9.63. The van der Waals surface area contributed by atoms with E-state index in [1.807, 2.05) is 0 Å². The highest BCUT2D eigenvalue weighted by Gasteiger charge is 2.55. The van der Waals surface area contributed by atoms with Crippen LogP contribution in [0.3, 0.4) is 0 Å². The van der Waals surface area contributed by atoms with Crippen molar-refractivity contribution in [1.29, 1.82) is 0 Å². The van der Waals surface area contributed by atoms with Crippen LogP contribution in [0.25, 0.3) is 0 Å². The normalized spacial score (nSPS) is 30.6. The maximum absolute atomic E-state index is 12.8. The Morgan fingerprint density at radius 1 is 1.04 bits per heavy atom. The van der Waals surface area contributed by atoms with Gasteiger partial charge in [-0.1, -0.05) is 12.1 Å². The number of carbonyl (C=O) groups is 3. The third-order valence-corrected chi connectivity index (χ3v) is 6.41. The van der Waals surface area contributed by atoms with Crippen LogP contribution in [0.5, 0.6) is 0 Å². The van der Waals surface area contributed by atoms with E-state index in [0.29, 0.717) is 23.4 Å². The van der Waals surface area contributed by atoms with Crippen molar-refractivity contribution in [3.8, 4) is 0 Å². The van der Waals surface area contributed by atoms with E-state index in [-0.39, 0.29) is 23.6 Å². The van der Waals surface area contributed by atoms with Gasteiger partial charge in [-0.3, -0.25) is 9.59 Å². The molecule has 5 rings (SSSR count). The summed E-state index contributed by atoms with van der Waals surface area (Å²) in [4.78, 5) is 36.8. The Kier molecular flexibility index (Phi) is 4.66. The van der Waals surface area contributed by atoms with Gasteiger partial charge in [-0.05, 0) is 68.4 Å². The molecule has 4 aliphatic carbocycles. The Bertz CT molecular complexity index is 736. The molecule has 0 aliphatic heterocycles. The number of rotatable bonds is 5. The summed E-state index contributed by atoms with van der Waals surface area (Å²) in [5.74, 6) is 0.720. The lowest BCUT2D eigenvalue weighted by atomic mass is 9.49. The number of hydrogen-bond acceptors (Lipinski definition) is 5. The van der Waals surface area contributed by atoms with Gasteiger partial charge < -0.3 is 14.8 Å². The fraction of sp³-hybridized carbons (Fsp3) is 0.571. The van der Waals surface area contributed by atoms with Gasteiger partial charge in [0.25, 0.3) is 5.91 Å². The Hall–Kier alpha value is -2.37. The molecule has 0 spiro atoms. The van der Waals surface area contributed by atoms with Crippen LogP contribution in [0, 0.1) is 23.2 Å². The van der Waals surface area contributed by atoms with Crippen molar-refractivity contribution in [3.05, 3.63) is 29.8 Å². The van der Waals surface area contributed by atoms with Gasteiger partial charge in [0.2, 0.25) is 0 Å². The second-order valence-electron chi connectivity index (χ2n) is 8.36. The van der Waals surface area contributed by atoms with Crippen LogP contribution in [0.15, 0.2) is 24.3 Å². The van der Waals surface area contributed by atoms with E-state index in [1.165, 1.54) is 26.4 Å². The molecule has 6 heteroatoms. The number of anilines is 1. The average Bonchev–Trinajstić information content (AvgIpc) is 2.65. The van der Waals surface area contributed by atoms with Crippen LogP contribution >= 0.6 is 0 Å². The molecule has 4 fully saturated rings. The molecule has 0 aromatic heterocycles. The minimum Gasteiger partial charge on any atom is -0.465 e. The van der Waals surface area contributed by atoms with E-state index in [2.05, 4.69) is 5.32 Å². The highest BCUT2D eigenvalue weighted by Crippen LogP contribution is 2.60. The fourth-order valence-electron chi connectivity index (χ4n) is 5.71. The van der Waals surface area contributed by atoms with E-state index in [0.717, 1.165) is 19.3 Å². The molecule has 0 unspecified atom stereocenters. The highest BCUT2D eigenvalue weighted by molar-refractivity contribution is 6.01. The number of nitrogens with one attached hydrogen (secondary N) is 1. The summed E-state index contributed by atoms with van der Waals surface area (Å²) in [6.07, 6.45) is 6.46. The third-order valence-electron chi connectivity index (χ3n) is 6.41. The molecular formula is C21H25NO5. The summed E-state index contributed by atoms with van der Waals surface area (Å²) in [5, 5.41) is 2.64. The molecule has 6 nitrogen and oxygen atoms in total. The number of benzene rings is 1. The summed E-state index contributed by atoms with van der Waals surface area (Å²) >= 11 is 0. The van der Waals surface area contributed by atoms with Crippen molar-refractivity contribution in [2.75, 3.05) is 19.0 Å². The Morgan fingerprint density at radius 2 is 1.63 bits per heavy atom. The second-order valence-corrected chi connectivity index (χ2v) is 8.36. The SMILES string of the molecule is COC(=O)c1ccccc1NC(=O)COC(=O)C12CC3CC(CC(C3)C1)C2. The number of carbonyl (C=O) groups excluding carboxylic acids is 3. The van der Waals surface area contributed by atoms with E-state index >= 15 is 0 Å². The minimum atomic E-state index is -0.531. The summed E-state index contributed by atoms with van der Waals surface area (Å²) in [5.41, 5.74) is 0.236. The van der Waals surface area contributed by atoms with Crippen LogP contribution in [-0.2, 0) is 19.1 Å². The number of methoxy groups -OCH3 is 1. The summed E-state index contributed by atoms with van der Waals surface area (Å²) in [6, 6.07) is 6.59. The Labute approximate surface area is 158 Å². The molecule has 144 valence electrons. The van der Waals surface area contributed by atoms with Crippen LogP contribution in [-0.4, -0.2) is 31.6 Å². The fourth-order valence-corrected chi connectivity index (χ4v) is 5.71. The van der Waals surface area contributed by atoms with Gasteiger partial charge in [0, 0.05) is 0 Å². The zero-order valence-corrected chi connectivity index (χ0v) is 15.5. The third kappa shape index (κ3) is 3.45. The molecular weight excluding hydrogens is 346 g/mol. The van der Waals surface area contributed by atoms with Crippen LogP contribution in [0.1, 0.15) is 48.9 Å². The van der Waals surface area contributed by atoms with Gasteiger partial charge in [-0.25, -0.2) is 4.79 Å².